The zero-order chi connectivity index (χ0) is 19.6. The quantitative estimate of drug-likeness (QED) is 0.374. The maximum atomic E-state index is 11.7. The van der Waals surface area contributed by atoms with Gasteiger partial charge in [0.15, 0.2) is 0 Å². The summed E-state index contributed by atoms with van der Waals surface area (Å²) in [5.74, 6) is -0.998. The molecule has 4 aromatic rings. The Hall–Kier alpha value is -3.59. The average molecular weight is 365 g/mol. The predicted molar refractivity (Wildman–Crippen MR) is 115 cm³/mol. The van der Waals surface area contributed by atoms with Crippen LogP contribution >= 0.6 is 0 Å². The lowest BCUT2D eigenvalue weighted by atomic mass is 9.92. The summed E-state index contributed by atoms with van der Waals surface area (Å²) in [5, 5.41) is 11.4. The lowest BCUT2D eigenvalue weighted by Gasteiger charge is -2.12. The predicted octanol–water partition coefficient (Wildman–Crippen LogP) is 6.05. The number of carboxylic acids is 1. The van der Waals surface area contributed by atoms with Gasteiger partial charge in [-0.1, -0.05) is 48.5 Å². The van der Waals surface area contributed by atoms with Crippen molar-refractivity contribution in [2.75, 3.05) is 5.73 Å². The van der Waals surface area contributed by atoms with Gasteiger partial charge in [0.2, 0.25) is 0 Å². The lowest BCUT2D eigenvalue weighted by Crippen LogP contribution is -2.03. The smallest absolute Gasteiger partial charge is 0.337 e. The van der Waals surface area contributed by atoms with Crippen molar-refractivity contribution in [3.8, 4) is 33.4 Å². The van der Waals surface area contributed by atoms with E-state index in [0.717, 1.165) is 33.0 Å². The van der Waals surface area contributed by atoms with Gasteiger partial charge in [0, 0.05) is 5.39 Å². The highest BCUT2D eigenvalue weighted by atomic mass is 16.4. The maximum absolute atomic E-state index is 11.7. The summed E-state index contributed by atoms with van der Waals surface area (Å²) in [6.45, 7) is 4.26. The van der Waals surface area contributed by atoms with Gasteiger partial charge in [0.25, 0.3) is 0 Å². The maximum Gasteiger partial charge on any atom is 0.337 e. The minimum absolute atomic E-state index is 0.159. The standard InChI is InChI=1S/C25H19NO2/c1-13-5-3-6-14(2)22(13)15-9-10-16-19(11-15)17-7-4-8-18-23(17)20(16)12-21(24(18)26)25(27)28/h3-12H,26H2,1-2H3,(H,27,28). The second-order valence-electron chi connectivity index (χ2n) is 7.45. The van der Waals surface area contributed by atoms with E-state index in [-0.39, 0.29) is 5.56 Å². The first-order valence-electron chi connectivity index (χ1n) is 9.27. The summed E-state index contributed by atoms with van der Waals surface area (Å²) in [5.41, 5.74) is 15.8. The number of nitrogens with two attached hydrogens (primary N) is 1. The summed E-state index contributed by atoms with van der Waals surface area (Å²) in [6, 6.07) is 20.4. The number of hydrogen-bond acceptors (Lipinski definition) is 2. The monoisotopic (exact) mass is 365 g/mol. The topological polar surface area (TPSA) is 63.3 Å². The second-order valence-corrected chi connectivity index (χ2v) is 7.45. The largest absolute Gasteiger partial charge is 0.478 e. The van der Waals surface area contributed by atoms with Crippen LogP contribution in [0.1, 0.15) is 21.5 Å². The van der Waals surface area contributed by atoms with Gasteiger partial charge >= 0.3 is 5.97 Å². The molecule has 0 aromatic heterocycles. The van der Waals surface area contributed by atoms with Gasteiger partial charge in [-0.15, -0.1) is 0 Å². The van der Waals surface area contributed by atoms with Crippen LogP contribution in [0, 0.1) is 13.8 Å². The van der Waals surface area contributed by atoms with Gasteiger partial charge in [-0.2, -0.15) is 0 Å². The van der Waals surface area contributed by atoms with Crippen LogP contribution in [0.5, 0.6) is 0 Å². The molecule has 0 atom stereocenters. The molecule has 0 aliphatic heterocycles. The number of carboxylic acid groups (broad SMARTS) is 1. The molecule has 4 aromatic carbocycles. The Morgan fingerprint density at radius 3 is 2.25 bits per heavy atom. The van der Waals surface area contributed by atoms with E-state index in [1.165, 1.54) is 22.3 Å². The third-order valence-electron chi connectivity index (χ3n) is 5.80. The van der Waals surface area contributed by atoms with Crippen molar-refractivity contribution < 1.29 is 9.90 Å². The molecular formula is C25H19NO2. The zero-order valence-corrected chi connectivity index (χ0v) is 15.7. The molecule has 0 fully saturated rings. The van der Waals surface area contributed by atoms with E-state index in [2.05, 4.69) is 56.3 Å². The Morgan fingerprint density at radius 2 is 1.54 bits per heavy atom. The Balaban J connectivity index is 1.83. The fourth-order valence-electron chi connectivity index (χ4n) is 4.55. The lowest BCUT2D eigenvalue weighted by molar-refractivity contribution is 0.0698. The van der Waals surface area contributed by atoms with Crippen LogP contribution in [0.4, 0.5) is 5.69 Å². The van der Waals surface area contributed by atoms with E-state index in [0.29, 0.717) is 5.69 Å². The number of hydrogen-bond donors (Lipinski definition) is 2. The van der Waals surface area contributed by atoms with Crippen molar-refractivity contribution in [3.05, 3.63) is 77.4 Å². The van der Waals surface area contributed by atoms with Gasteiger partial charge in [-0.3, -0.25) is 0 Å². The van der Waals surface area contributed by atoms with Crippen molar-refractivity contribution >= 4 is 22.4 Å². The molecule has 0 saturated carbocycles. The summed E-state index contributed by atoms with van der Waals surface area (Å²) >= 11 is 0. The fraction of sp³-hybridized carbons (Fsp3) is 0.0800. The van der Waals surface area contributed by atoms with E-state index in [1.54, 1.807) is 6.07 Å². The molecule has 0 unspecified atom stereocenters. The molecule has 0 heterocycles. The zero-order valence-electron chi connectivity index (χ0n) is 15.7. The minimum atomic E-state index is -0.998. The van der Waals surface area contributed by atoms with Crippen LogP contribution in [0.15, 0.2) is 60.7 Å². The van der Waals surface area contributed by atoms with Crippen molar-refractivity contribution in [1.82, 2.24) is 0 Å². The van der Waals surface area contributed by atoms with Crippen LogP contribution in [0.2, 0.25) is 0 Å². The highest BCUT2D eigenvalue weighted by Gasteiger charge is 2.26. The number of benzene rings is 4. The van der Waals surface area contributed by atoms with Crippen LogP contribution in [-0.2, 0) is 0 Å². The number of anilines is 1. The number of aryl methyl sites for hydroxylation is 2. The van der Waals surface area contributed by atoms with Gasteiger partial charge in [0.1, 0.15) is 0 Å². The molecule has 0 spiro atoms. The third-order valence-corrected chi connectivity index (χ3v) is 5.80. The first-order chi connectivity index (χ1) is 13.5. The molecule has 0 radical (unpaired) electrons. The molecule has 0 saturated heterocycles. The fourth-order valence-corrected chi connectivity index (χ4v) is 4.55. The summed E-state index contributed by atoms with van der Waals surface area (Å²) in [7, 11) is 0. The van der Waals surface area contributed by atoms with Gasteiger partial charge in [-0.05, 0) is 75.9 Å². The van der Waals surface area contributed by atoms with E-state index in [9.17, 15) is 9.90 Å². The number of aromatic carboxylic acids is 1. The first-order valence-corrected chi connectivity index (χ1v) is 9.27. The van der Waals surface area contributed by atoms with E-state index >= 15 is 0 Å². The molecule has 28 heavy (non-hydrogen) atoms. The number of nitrogen functional groups attached to an aromatic ring is 1. The number of rotatable bonds is 2. The molecule has 3 nitrogen and oxygen atoms in total. The molecule has 1 aliphatic carbocycles. The molecule has 3 N–H and O–H groups in total. The van der Waals surface area contributed by atoms with E-state index in [1.807, 2.05) is 12.1 Å². The number of fused-ring (bicyclic) bond motifs is 3. The first kappa shape index (κ1) is 16.6. The Labute approximate surface area is 163 Å². The van der Waals surface area contributed by atoms with Gasteiger partial charge in [0.05, 0.1) is 11.3 Å². The Bertz CT molecular complexity index is 1300. The summed E-state index contributed by atoms with van der Waals surface area (Å²) in [4.78, 5) is 11.7. The molecule has 0 amide bonds. The van der Waals surface area contributed by atoms with Crippen molar-refractivity contribution in [2.45, 2.75) is 13.8 Å². The van der Waals surface area contributed by atoms with Crippen LogP contribution in [-0.4, -0.2) is 11.1 Å². The van der Waals surface area contributed by atoms with Crippen LogP contribution < -0.4 is 5.73 Å². The third kappa shape index (κ3) is 2.13. The van der Waals surface area contributed by atoms with E-state index < -0.39 is 5.97 Å². The van der Waals surface area contributed by atoms with Gasteiger partial charge in [-0.25, -0.2) is 4.79 Å². The number of carbonyl (C=O) groups is 1. The molecule has 0 bridgehead atoms. The van der Waals surface area contributed by atoms with Crippen molar-refractivity contribution in [3.63, 3.8) is 0 Å². The minimum Gasteiger partial charge on any atom is -0.478 e. The van der Waals surface area contributed by atoms with E-state index in [4.69, 9.17) is 5.73 Å². The molecule has 1 aliphatic rings. The van der Waals surface area contributed by atoms with Crippen molar-refractivity contribution in [1.29, 1.82) is 0 Å². The second kappa shape index (κ2) is 5.70. The molecule has 3 heteroatoms. The highest BCUT2D eigenvalue weighted by molar-refractivity contribution is 6.21. The van der Waals surface area contributed by atoms with Crippen molar-refractivity contribution in [2.24, 2.45) is 0 Å². The molecule has 136 valence electrons. The molecular weight excluding hydrogens is 346 g/mol. The Kier molecular flexibility index (Phi) is 3.37. The molecule has 5 rings (SSSR count). The SMILES string of the molecule is Cc1cccc(C)c1-c1ccc2c(c1)-c1cccc3c(N)c(C(=O)O)cc-2c13. The highest BCUT2D eigenvalue weighted by Crippen LogP contribution is 2.50. The summed E-state index contributed by atoms with van der Waals surface area (Å²) in [6.07, 6.45) is 0. The normalized spacial score (nSPS) is 11.6. The van der Waals surface area contributed by atoms with Crippen LogP contribution in [0.25, 0.3) is 44.2 Å². The summed E-state index contributed by atoms with van der Waals surface area (Å²) < 4.78 is 0. The van der Waals surface area contributed by atoms with Gasteiger partial charge < -0.3 is 10.8 Å². The Morgan fingerprint density at radius 1 is 0.821 bits per heavy atom. The van der Waals surface area contributed by atoms with Crippen LogP contribution in [0.3, 0.4) is 0 Å². The average Bonchev–Trinajstić information content (AvgIpc) is 2.98.